The number of aromatic nitrogens is 4. The summed E-state index contributed by atoms with van der Waals surface area (Å²) in [6.45, 7) is 1.02. The van der Waals surface area contributed by atoms with E-state index < -0.39 is 72.1 Å². The SMILES string of the molecule is NC(Cc1c[nH]c2ccccc12)C(=O)O.NC(Cc1c[nH]c2ccccc12)C(=O)O.NC(Cc1c[nH]c2ccccc12)C(=O)O.NC(Cc1c[nH]c2ccccc12)C(=O)O.NC(N)=NCCCC(N)C(=O)O.NCCCCC(N)C(=O)O. The Kier molecular flexibility index (Phi) is 28.5. The average Bonchev–Trinajstić information content (AvgIpc) is 4.40. The molecule has 26 heteroatoms. The monoisotopic (exact) mass is 1140 g/mol. The third-order valence-corrected chi connectivity index (χ3v) is 12.3. The van der Waals surface area contributed by atoms with Gasteiger partial charge >= 0.3 is 35.8 Å². The molecule has 442 valence electrons. The molecule has 0 spiro atoms. The van der Waals surface area contributed by atoms with E-state index in [0.29, 0.717) is 58.0 Å². The van der Waals surface area contributed by atoms with Crippen LogP contribution in [0.15, 0.2) is 127 Å². The van der Waals surface area contributed by atoms with Gasteiger partial charge in [-0.3, -0.25) is 33.8 Å². The van der Waals surface area contributed by atoms with E-state index in [1.165, 1.54) is 0 Å². The lowest BCUT2D eigenvalue weighted by atomic mass is 10.1. The summed E-state index contributed by atoms with van der Waals surface area (Å²) in [5, 5.41) is 55.7. The van der Waals surface area contributed by atoms with E-state index in [1.54, 1.807) is 0 Å². The Morgan fingerprint density at radius 2 is 0.622 bits per heavy atom. The number of hydrogen-bond donors (Lipinski definition) is 19. The summed E-state index contributed by atoms with van der Waals surface area (Å²) in [7, 11) is 0. The van der Waals surface area contributed by atoms with E-state index in [2.05, 4.69) is 24.9 Å². The maximum atomic E-state index is 10.6. The van der Waals surface area contributed by atoms with Gasteiger partial charge < -0.3 is 102 Å². The second-order valence-corrected chi connectivity index (χ2v) is 18.7. The molecule has 6 unspecified atom stereocenters. The van der Waals surface area contributed by atoms with Gasteiger partial charge in [0.1, 0.15) is 36.3 Å². The number of H-pyrrole nitrogens is 4. The van der Waals surface area contributed by atoms with Crippen molar-refractivity contribution in [1.82, 2.24) is 19.9 Å². The van der Waals surface area contributed by atoms with Crippen molar-refractivity contribution in [2.24, 2.45) is 56.6 Å². The number of carboxylic acids is 6. The molecule has 28 N–H and O–H groups in total. The molecule has 0 aliphatic carbocycles. The Bertz CT molecular complexity index is 2940. The Morgan fingerprint density at radius 1 is 0.378 bits per heavy atom. The molecule has 0 bridgehead atoms. The number of aliphatic imine (C=N–C) groups is 1. The molecule has 6 atom stereocenters. The van der Waals surface area contributed by atoms with Crippen molar-refractivity contribution >= 4 is 85.4 Å². The number of carboxylic acid groups (broad SMARTS) is 6. The average molecular weight is 1140 g/mol. The number of carbonyl (C=O) groups is 6. The number of benzene rings is 4. The molecule has 4 aromatic carbocycles. The smallest absolute Gasteiger partial charge is 0.320 e. The van der Waals surface area contributed by atoms with Crippen LogP contribution in [0.25, 0.3) is 43.6 Å². The number of para-hydroxylation sites is 4. The zero-order valence-electron chi connectivity index (χ0n) is 45.1. The predicted molar refractivity (Wildman–Crippen MR) is 314 cm³/mol. The van der Waals surface area contributed by atoms with Crippen molar-refractivity contribution in [2.45, 2.75) is 94.0 Å². The third kappa shape index (κ3) is 22.9. The lowest BCUT2D eigenvalue weighted by Crippen LogP contribution is -2.32. The van der Waals surface area contributed by atoms with Gasteiger partial charge in [0.15, 0.2) is 5.96 Å². The van der Waals surface area contributed by atoms with Crippen LogP contribution in [-0.4, -0.2) is 142 Å². The van der Waals surface area contributed by atoms with Crippen molar-refractivity contribution in [3.63, 3.8) is 0 Å². The quantitative estimate of drug-likeness (QED) is 0.0263. The number of rotatable bonds is 22. The number of nitrogens with one attached hydrogen (secondary N) is 4. The lowest BCUT2D eigenvalue weighted by molar-refractivity contribution is -0.139. The lowest BCUT2D eigenvalue weighted by Gasteiger charge is -2.04. The predicted octanol–water partition coefficient (Wildman–Crippen LogP) is 2.47. The molecule has 0 fully saturated rings. The molecule has 0 amide bonds. The Labute approximate surface area is 471 Å². The zero-order chi connectivity index (χ0) is 60.9. The molecule has 4 aromatic heterocycles. The van der Waals surface area contributed by atoms with Gasteiger partial charge in [0, 0.05) is 101 Å². The van der Waals surface area contributed by atoms with Crippen molar-refractivity contribution in [1.29, 1.82) is 0 Å². The number of guanidine groups is 1. The van der Waals surface area contributed by atoms with Crippen LogP contribution < -0.4 is 51.6 Å². The van der Waals surface area contributed by atoms with Crippen molar-refractivity contribution in [3.8, 4) is 0 Å². The number of nitrogens with two attached hydrogens (primary N) is 9. The molecular formula is C56H76N14O12. The van der Waals surface area contributed by atoms with Gasteiger partial charge in [0.2, 0.25) is 0 Å². The van der Waals surface area contributed by atoms with E-state index in [9.17, 15) is 28.8 Å². The third-order valence-electron chi connectivity index (χ3n) is 12.3. The van der Waals surface area contributed by atoms with E-state index in [-0.39, 0.29) is 5.96 Å². The molecule has 0 saturated carbocycles. The van der Waals surface area contributed by atoms with Crippen LogP contribution in [0, 0.1) is 0 Å². The molecule has 8 aromatic rings. The van der Waals surface area contributed by atoms with Crippen LogP contribution in [0.4, 0.5) is 0 Å². The number of nitrogens with zero attached hydrogens (tertiary/aromatic N) is 1. The van der Waals surface area contributed by atoms with Crippen LogP contribution in [0.1, 0.15) is 54.4 Å². The van der Waals surface area contributed by atoms with Gasteiger partial charge in [0.05, 0.1) is 0 Å². The number of fused-ring (bicyclic) bond motifs is 4. The first-order valence-corrected chi connectivity index (χ1v) is 25.8. The van der Waals surface area contributed by atoms with Gasteiger partial charge in [0.25, 0.3) is 0 Å². The topological polar surface area (TPSA) is 534 Å². The summed E-state index contributed by atoms with van der Waals surface area (Å²) in [5.74, 6) is -5.81. The van der Waals surface area contributed by atoms with Gasteiger partial charge in [-0.2, -0.15) is 0 Å². The highest BCUT2D eigenvalue weighted by molar-refractivity contribution is 5.87. The summed E-state index contributed by atoms with van der Waals surface area (Å²) in [4.78, 5) is 78.9. The molecule has 8 rings (SSSR count). The standard InChI is InChI=1S/4C11H12N2O2.C6H14N4O2.C6H14N2O2/c4*12-9(11(14)15)5-7-6-13-10-4-2-1-3-8(7)10;7-4(5(11)12)2-1-3-10-6(8)9;7-4-2-1-3-5(8)6(9)10/h4*1-4,6,9,13H,5,12H2,(H,14,15);4H,1-3,7H2,(H,11,12)(H4,8,9,10);5H,1-4,7-8H2,(H,9,10). The molecule has 0 aliphatic rings. The second kappa shape index (κ2) is 34.8. The molecular weight excluding hydrogens is 1060 g/mol. The highest BCUT2D eigenvalue weighted by Gasteiger charge is 2.18. The normalized spacial score (nSPS) is 12.8. The summed E-state index contributed by atoms with van der Waals surface area (Å²) in [5.41, 5.74) is 55.5. The first-order chi connectivity index (χ1) is 38.9. The Morgan fingerprint density at radius 3 is 0.854 bits per heavy atom. The Balaban J connectivity index is 0.000000260. The zero-order valence-corrected chi connectivity index (χ0v) is 45.1. The highest BCUT2D eigenvalue weighted by atomic mass is 16.4. The van der Waals surface area contributed by atoms with Gasteiger partial charge in [-0.15, -0.1) is 0 Å². The summed E-state index contributed by atoms with van der Waals surface area (Å²) in [6, 6.07) is 26.1. The minimum atomic E-state index is -1.00. The molecule has 26 nitrogen and oxygen atoms in total. The van der Waals surface area contributed by atoms with Crippen molar-refractivity contribution in [2.75, 3.05) is 13.1 Å². The summed E-state index contributed by atoms with van der Waals surface area (Å²) < 4.78 is 0. The molecule has 4 heterocycles. The number of aliphatic carboxylic acids is 6. The van der Waals surface area contributed by atoms with Crippen LogP contribution in [-0.2, 0) is 54.5 Å². The first-order valence-electron chi connectivity index (χ1n) is 25.8. The number of aromatic amines is 4. The maximum Gasteiger partial charge on any atom is 0.320 e. The first kappa shape index (κ1) is 67.1. The minimum Gasteiger partial charge on any atom is -0.480 e. The van der Waals surface area contributed by atoms with Crippen LogP contribution in [0.2, 0.25) is 0 Å². The summed E-state index contributed by atoms with van der Waals surface area (Å²) in [6.07, 6.45) is 11.8. The minimum absolute atomic E-state index is 0.0129. The molecule has 0 aliphatic heterocycles. The molecule has 0 saturated heterocycles. The fourth-order valence-electron chi connectivity index (χ4n) is 7.77. The number of hydrogen-bond acceptors (Lipinski definition) is 14. The van der Waals surface area contributed by atoms with Crippen molar-refractivity contribution in [3.05, 3.63) is 144 Å². The fraction of sp³-hybridized carbons (Fsp3) is 0.304. The highest BCUT2D eigenvalue weighted by Crippen LogP contribution is 2.22. The van der Waals surface area contributed by atoms with Crippen LogP contribution in [0.5, 0.6) is 0 Å². The van der Waals surface area contributed by atoms with E-state index in [1.807, 2.05) is 122 Å². The molecule has 0 radical (unpaired) electrons. The van der Waals surface area contributed by atoms with E-state index in [0.717, 1.165) is 78.7 Å². The number of unbranched alkanes of at least 4 members (excludes halogenated alkanes) is 1. The fourth-order valence-corrected chi connectivity index (χ4v) is 7.77. The van der Waals surface area contributed by atoms with Gasteiger partial charge in [-0.1, -0.05) is 79.2 Å². The van der Waals surface area contributed by atoms with E-state index in [4.69, 9.17) is 82.2 Å². The summed E-state index contributed by atoms with van der Waals surface area (Å²) >= 11 is 0. The largest absolute Gasteiger partial charge is 0.480 e. The Hall–Kier alpha value is -9.15. The van der Waals surface area contributed by atoms with Gasteiger partial charge in [-0.25, -0.2) is 0 Å². The second-order valence-electron chi connectivity index (χ2n) is 18.7. The van der Waals surface area contributed by atoms with Crippen LogP contribution >= 0.6 is 0 Å². The van der Waals surface area contributed by atoms with Gasteiger partial charge in [-0.05, 0) is 78.7 Å². The van der Waals surface area contributed by atoms with Crippen LogP contribution in [0.3, 0.4) is 0 Å². The van der Waals surface area contributed by atoms with E-state index >= 15 is 0 Å². The van der Waals surface area contributed by atoms with Crippen molar-refractivity contribution < 1.29 is 59.4 Å². The molecule has 82 heavy (non-hydrogen) atoms. The maximum absolute atomic E-state index is 10.6.